The normalized spacial score (nSPS) is 37.4. The zero-order valence-corrected chi connectivity index (χ0v) is 8.06. The first-order chi connectivity index (χ1) is 6.29. The van der Waals surface area contributed by atoms with Gasteiger partial charge < -0.3 is 5.11 Å². The van der Waals surface area contributed by atoms with Crippen molar-refractivity contribution in [2.24, 2.45) is 4.99 Å². The molecule has 0 radical (unpaired) electrons. The summed E-state index contributed by atoms with van der Waals surface area (Å²) in [5.74, 6) is 0. The number of aliphatic imine (C=N–C) groups is 1. The van der Waals surface area contributed by atoms with Crippen LogP contribution in [0.4, 0.5) is 0 Å². The highest BCUT2D eigenvalue weighted by molar-refractivity contribution is 5.58. The third-order valence-corrected chi connectivity index (χ3v) is 2.02. The van der Waals surface area contributed by atoms with Gasteiger partial charge in [0.05, 0.1) is 12.1 Å². The summed E-state index contributed by atoms with van der Waals surface area (Å²) in [6.07, 6.45) is 12.2. The van der Waals surface area contributed by atoms with Crippen LogP contribution in [-0.2, 0) is 0 Å². The van der Waals surface area contributed by atoms with Crippen LogP contribution in [-0.4, -0.2) is 23.5 Å². The zero-order valence-electron chi connectivity index (χ0n) is 8.06. The molecule has 0 saturated heterocycles. The molecule has 1 aliphatic rings. The number of aliphatic hydroxyl groups is 1. The Kier molecular flexibility index (Phi) is 4.47. The molecule has 2 heteroatoms. The van der Waals surface area contributed by atoms with Crippen LogP contribution in [0, 0.1) is 0 Å². The van der Waals surface area contributed by atoms with E-state index in [0.29, 0.717) is 6.42 Å². The van der Waals surface area contributed by atoms with Gasteiger partial charge in [0.2, 0.25) is 0 Å². The Morgan fingerprint density at radius 3 is 3.08 bits per heavy atom. The summed E-state index contributed by atoms with van der Waals surface area (Å²) >= 11 is 0. The van der Waals surface area contributed by atoms with Crippen molar-refractivity contribution in [3.8, 4) is 0 Å². The molecule has 0 aromatic rings. The smallest absolute Gasteiger partial charge is 0.0650 e. The van der Waals surface area contributed by atoms with Crippen LogP contribution in [0.15, 0.2) is 29.3 Å². The van der Waals surface area contributed by atoms with Gasteiger partial charge in [0.1, 0.15) is 0 Å². The lowest BCUT2D eigenvalue weighted by molar-refractivity contribution is 0.174. The van der Waals surface area contributed by atoms with Crippen LogP contribution in [0.1, 0.15) is 26.2 Å². The van der Waals surface area contributed by atoms with E-state index < -0.39 is 0 Å². The molecule has 0 fully saturated rings. The van der Waals surface area contributed by atoms with Crippen LogP contribution in [0.5, 0.6) is 0 Å². The third-order valence-electron chi connectivity index (χ3n) is 2.02. The highest BCUT2D eigenvalue weighted by atomic mass is 16.3. The topological polar surface area (TPSA) is 32.6 Å². The minimum Gasteiger partial charge on any atom is -0.393 e. The largest absolute Gasteiger partial charge is 0.393 e. The number of hydrogen-bond donors (Lipinski definition) is 1. The van der Waals surface area contributed by atoms with Gasteiger partial charge in [-0.3, -0.25) is 4.99 Å². The monoisotopic (exact) mass is 179 g/mol. The molecule has 0 spiro atoms. The molecule has 0 aliphatic carbocycles. The van der Waals surface area contributed by atoms with Crippen molar-refractivity contribution in [2.45, 2.75) is 38.3 Å². The van der Waals surface area contributed by atoms with E-state index in [4.69, 9.17) is 0 Å². The number of aliphatic hydroxyl groups excluding tert-OH is 1. The Morgan fingerprint density at radius 2 is 2.23 bits per heavy atom. The maximum absolute atomic E-state index is 9.46. The summed E-state index contributed by atoms with van der Waals surface area (Å²) in [4.78, 5) is 4.27. The van der Waals surface area contributed by atoms with Gasteiger partial charge in [0.15, 0.2) is 0 Å². The second-order valence-corrected chi connectivity index (χ2v) is 3.35. The first-order valence-corrected chi connectivity index (χ1v) is 4.82. The van der Waals surface area contributed by atoms with Crippen LogP contribution in [0.25, 0.3) is 0 Å². The van der Waals surface area contributed by atoms with Crippen molar-refractivity contribution in [3.63, 3.8) is 0 Å². The Bertz CT molecular complexity index is 218. The number of rotatable bonds is 0. The lowest BCUT2D eigenvalue weighted by Crippen LogP contribution is -2.06. The van der Waals surface area contributed by atoms with Crippen LogP contribution in [0.3, 0.4) is 0 Å². The number of hydrogen-bond acceptors (Lipinski definition) is 2. The first kappa shape index (κ1) is 10.2. The fraction of sp³-hybridized carbons (Fsp3) is 0.545. The van der Waals surface area contributed by atoms with E-state index in [-0.39, 0.29) is 12.1 Å². The average molecular weight is 179 g/mol. The summed E-state index contributed by atoms with van der Waals surface area (Å²) in [6, 6.07) is 0.218. The summed E-state index contributed by atoms with van der Waals surface area (Å²) in [5.41, 5.74) is 0. The van der Waals surface area contributed by atoms with Gasteiger partial charge in [-0.15, -0.1) is 0 Å². The molecule has 2 unspecified atom stereocenters. The predicted octanol–water partition coefficient (Wildman–Crippen LogP) is 2.10. The highest BCUT2D eigenvalue weighted by Crippen LogP contribution is 2.03. The summed E-state index contributed by atoms with van der Waals surface area (Å²) in [6.45, 7) is 2.03. The quantitative estimate of drug-likeness (QED) is 0.607. The molecule has 2 nitrogen and oxygen atoms in total. The van der Waals surface area contributed by atoms with Crippen molar-refractivity contribution in [3.05, 3.63) is 24.3 Å². The van der Waals surface area contributed by atoms with E-state index in [9.17, 15) is 5.11 Å². The van der Waals surface area contributed by atoms with E-state index in [1.54, 1.807) is 0 Å². The Labute approximate surface area is 79.7 Å². The minimum atomic E-state index is -0.237. The van der Waals surface area contributed by atoms with Crippen LogP contribution >= 0.6 is 0 Å². The van der Waals surface area contributed by atoms with Gasteiger partial charge in [-0.2, -0.15) is 0 Å². The molecule has 0 bridgehead atoms. The maximum Gasteiger partial charge on any atom is 0.0650 e. The standard InChI is InChI=1S/C11H17NO/c1-10-6-4-2-3-5-7-11(13)8-9-12-10/h2-4,6,9-11,13H,5,7-8H2,1H3/b3-2-,6-4-,12-9-. The van der Waals surface area contributed by atoms with E-state index in [1.807, 2.05) is 31.4 Å². The second kappa shape index (κ2) is 5.70. The Morgan fingerprint density at radius 1 is 1.38 bits per heavy atom. The van der Waals surface area contributed by atoms with Crippen molar-refractivity contribution in [2.75, 3.05) is 0 Å². The Balaban J connectivity index is 2.55. The van der Waals surface area contributed by atoms with Crippen molar-refractivity contribution < 1.29 is 5.11 Å². The Hall–Kier alpha value is -0.890. The molecule has 1 N–H and O–H groups in total. The maximum atomic E-state index is 9.46. The molecule has 1 aliphatic heterocycles. The molecule has 1 rings (SSSR count). The minimum absolute atomic E-state index is 0.218. The first-order valence-electron chi connectivity index (χ1n) is 4.82. The molecule has 13 heavy (non-hydrogen) atoms. The molecule has 0 saturated carbocycles. The fourth-order valence-electron chi connectivity index (χ4n) is 1.20. The highest BCUT2D eigenvalue weighted by Gasteiger charge is 2.00. The average Bonchev–Trinajstić information content (AvgIpc) is 2.13. The molecule has 2 atom stereocenters. The van der Waals surface area contributed by atoms with E-state index in [0.717, 1.165) is 12.8 Å². The molecule has 0 aromatic heterocycles. The van der Waals surface area contributed by atoms with Gasteiger partial charge >= 0.3 is 0 Å². The zero-order chi connectivity index (χ0) is 9.52. The molecule has 72 valence electrons. The third kappa shape index (κ3) is 4.63. The summed E-state index contributed by atoms with van der Waals surface area (Å²) < 4.78 is 0. The van der Waals surface area contributed by atoms with E-state index in [1.165, 1.54) is 0 Å². The van der Waals surface area contributed by atoms with Crippen molar-refractivity contribution in [1.29, 1.82) is 0 Å². The van der Waals surface area contributed by atoms with E-state index in [2.05, 4.69) is 11.1 Å². The van der Waals surface area contributed by atoms with Gasteiger partial charge in [0.25, 0.3) is 0 Å². The van der Waals surface area contributed by atoms with Crippen LogP contribution in [0.2, 0.25) is 0 Å². The molecular weight excluding hydrogens is 162 g/mol. The van der Waals surface area contributed by atoms with Gasteiger partial charge in [-0.1, -0.05) is 24.3 Å². The second-order valence-electron chi connectivity index (χ2n) is 3.35. The van der Waals surface area contributed by atoms with E-state index >= 15 is 0 Å². The molecule has 1 heterocycles. The van der Waals surface area contributed by atoms with Crippen molar-refractivity contribution in [1.82, 2.24) is 0 Å². The van der Waals surface area contributed by atoms with Gasteiger partial charge in [-0.25, -0.2) is 0 Å². The molecule has 0 aromatic carbocycles. The molecular formula is C11H17NO. The lowest BCUT2D eigenvalue weighted by Gasteiger charge is -2.04. The number of nitrogens with zero attached hydrogens (tertiary/aromatic N) is 1. The number of allylic oxidation sites excluding steroid dienone is 3. The summed E-state index contributed by atoms with van der Waals surface area (Å²) in [5, 5.41) is 9.46. The van der Waals surface area contributed by atoms with Gasteiger partial charge in [-0.05, 0) is 19.8 Å². The van der Waals surface area contributed by atoms with Gasteiger partial charge in [0, 0.05) is 12.6 Å². The SMILES string of the molecule is CC1/C=C\C=C/CCC(O)C/C=N\1. The fourth-order valence-corrected chi connectivity index (χ4v) is 1.20. The molecule has 0 amide bonds. The summed E-state index contributed by atoms with van der Waals surface area (Å²) in [7, 11) is 0. The van der Waals surface area contributed by atoms with Crippen LogP contribution < -0.4 is 0 Å². The lowest BCUT2D eigenvalue weighted by atomic mass is 10.1. The van der Waals surface area contributed by atoms with Crippen molar-refractivity contribution >= 4 is 6.21 Å². The predicted molar refractivity (Wildman–Crippen MR) is 56.1 cm³/mol.